The fourth-order valence-electron chi connectivity index (χ4n) is 2.66. The maximum Gasteiger partial charge on any atom is 0.323 e. The van der Waals surface area contributed by atoms with Crippen LogP contribution in [0.1, 0.15) is 33.1 Å². The Kier molecular flexibility index (Phi) is 6.75. The number of carboxylic acid groups (broad SMARTS) is 1. The van der Waals surface area contributed by atoms with Crippen molar-refractivity contribution in [2.45, 2.75) is 38.6 Å². The summed E-state index contributed by atoms with van der Waals surface area (Å²) in [5.74, 6) is -0.0931. The molecule has 1 saturated heterocycles. The highest BCUT2D eigenvalue weighted by Crippen LogP contribution is 2.19. The van der Waals surface area contributed by atoms with Crippen molar-refractivity contribution in [2.75, 3.05) is 39.9 Å². The number of methoxy groups -OCH3 is 1. The molecule has 1 atom stereocenters. The van der Waals surface area contributed by atoms with Gasteiger partial charge < -0.3 is 20.1 Å². The van der Waals surface area contributed by atoms with Crippen LogP contribution in [0.2, 0.25) is 0 Å². The van der Waals surface area contributed by atoms with Crippen molar-refractivity contribution in [1.82, 2.24) is 10.2 Å². The lowest BCUT2D eigenvalue weighted by atomic mass is 9.94. The molecule has 19 heavy (non-hydrogen) atoms. The first-order valence-corrected chi connectivity index (χ1v) is 7.21. The third kappa shape index (κ3) is 5.09. The number of piperidine rings is 1. The number of ether oxygens (including phenoxy) is 1. The number of aliphatic carboxylic acids is 1. The van der Waals surface area contributed by atoms with Gasteiger partial charge in [-0.15, -0.1) is 0 Å². The smallest absolute Gasteiger partial charge is 0.323 e. The molecule has 112 valence electrons. The summed E-state index contributed by atoms with van der Waals surface area (Å²) < 4.78 is 5.19. The number of hydrogen-bond acceptors (Lipinski definition) is 4. The Hall–Kier alpha value is -0.650. The number of hydrogen-bond donors (Lipinski definition) is 2. The number of nitrogens with one attached hydrogen (secondary N) is 1. The van der Waals surface area contributed by atoms with Gasteiger partial charge in [-0.25, -0.2) is 0 Å². The standard InChI is InChI=1S/C14H28N2O3/c1-4-15-14(2,13(17)18)7-10-16-8-5-12(6-9-16)11-19-3/h12,15H,4-11H2,1-3H3,(H,17,18). The molecule has 5 nitrogen and oxygen atoms in total. The van der Waals surface area contributed by atoms with Gasteiger partial charge in [0.25, 0.3) is 0 Å². The molecule has 0 bridgehead atoms. The van der Waals surface area contributed by atoms with E-state index in [4.69, 9.17) is 4.74 Å². The average molecular weight is 272 g/mol. The summed E-state index contributed by atoms with van der Waals surface area (Å²) in [6, 6.07) is 0. The minimum atomic E-state index is -0.807. The molecule has 1 unspecified atom stereocenters. The molecule has 0 radical (unpaired) electrons. The van der Waals surface area contributed by atoms with Crippen LogP contribution in [0.3, 0.4) is 0 Å². The Morgan fingerprint density at radius 1 is 1.47 bits per heavy atom. The van der Waals surface area contributed by atoms with Gasteiger partial charge >= 0.3 is 5.97 Å². The van der Waals surface area contributed by atoms with Crippen molar-refractivity contribution in [2.24, 2.45) is 5.92 Å². The van der Waals surface area contributed by atoms with Crippen LogP contribution in [-0.2, 0) is 9.53 Å². The van der Waals surface area contributed by atoms with Gasteiger partial charge in [0.2, 0.25) is 0 Å². The van der Waals surface area contributed by atoms with Crippen LogP contribution in [0, 0.1) is 5.92 Å². The predicted octanol–water partition coefficient (Wildman–Crippen LogP) is 1.19. The fourth-order valence-corrected chi connectivity index (χ4v) is 2.66. The number of carbonyl (C=O) groups is 1. The Bertz CT molecular complexity index is 278. The number of likely N-dealkylation sites (tertiary alicyclic amines) is 1. The van der Waals surface area contributed by atoms with Gasteiger partial charge in [0.15, 0.2) is 0 Å². The molecule has 0 aromatic carbocycles. The molecule has 1 aliphatic heterocycles. The highest BCUT2D eigenvalue weighted by molar-refractivity contribution is 5.78. The minimum absolute atomic E-state index is 0.644. The van der Waals surface area contributed by atoms with Gasteiger partial charge in [0, 0.05) is 20.3 Å². The molecule has 0 saturated carbocycles. The summed E-state index contributed by atoms with van der Waals surface area (Å²) in [5.41, 5.74) is -0.807. The van der Waals surface area contributed by atoms with E-state index < -0.39 is 11.5 Å². The molecular formula is C14H28N2O3. The first kappa shape index (κ1) is 16.4. The highest BCUT2D eigenvalue weighted by Gasteiger charge is 2.32. The number of carboxylic acids is 1. The number of rotatable bonds is 8. The number of nitrogens with zero attached hydrogens (tertiary/aromatic N) is 1. The van der Waals surface area contributed by atoms with Crippen molar-refractivity contribution in [1.29, 1.82) is 0 Å². The van der Waals surface area contributed by atoms with Gasteiger partial charge in [0.05, 0.1) is 0 Å². The lowest BCUT2D eigenvalue weighted by molar-refractivity contribution is -0.144. The fraction of sp³-hybridized carbons (Fsp3) is 0.929. The van der Waals surface area contributed by atoms with E-state index in [1.54, 1.807) is 14.0 Å². The molecule has 2 N–H and O–H groups in total. The van der Waals surface area contributed by atoms with Crippen LogP contribution in [0.5, 0.6) is 0 Å². The number of likely N-dealkylation sites (N-methyl/N-ethyl adjacent to an activating group) is 1. The Morgan fingerprint density at radius 3 is 2.58 bits per heavy atom. The molecule has 1 aliphatic rings. The van der Waals surface area contributed by atoms with E-state index in [9.17, 15) is 9.90 Å². The summed E-state index contributed by atoms with van der Waals surface area (Å²) in [6.07, 6.45) is 2.95. The van der Waals surface area contributed by atoms with Gasteiger partial charge in [-0.1, -0.05) is 6.92 Å². The van der Waals surface area contributed by atoms with Crippen molar-refractivity contribution in [3.63, 3.8) is 0 Å². The van der Waals surface area contributed by atoms with E-state index in [-0.39, 0.29) is 0 Å². The molecule has 1 heterocycles. The Balaban J connectivity index is 2.34. The average Bonchev–Trinajstić information content (AvgIpc) is 2.38. The minimum Gasteiger partial charge on any atom is -0.480 e. The van der Waals surface area contributed by atoms with Crippen LogP contribution >= 0.6 is 0 Å². The quantitative estimate of drug-likeness (QED) is 0.695. The van der Waals surface area contributed by atoms with Crippen LogP contribution in [0.25, 0.3) is 0 Å². The first-order chi connectivity index (χ1) is 9.01. The molecule has 0 aromatic rings. The van der Waals surface area contributed by atoms with Crippen LogP contribution < -0.4 is 5.32 Å². The second-order valence-electron chi connectivity index (χ2n) is 5.66. The van der Waals surface area contributed by atoms with Gasteiger partial charge in [-0.05, 0) is 51.7 Å². The first-order valence-electron chi connectivity index (χ1n) is 7.21. The van der Waals surface area contributed by atoms with Gasteiger partial charge in [-0.2, -0.15) is 0 Å². The largest absolute Gasteiger partial charge is 0.480 e. The van der Waals surface area contributed by atoms with Crippen LogP contribution in [0.4, 0.5) is 0 Å². The zero-order chi connectivity index (χ0) is 14.3. The van der Waals surface area contributed by atoms with E-state index in [1.807, 2.05) is 6.92 Å². The summed E-state index contributed by atoms with van der Waals surface area (Å²) in [6.45, 7) is 8.19. The summed E-state index contributed by atoms with van der Waals surface area (Å²) >= 11 is 0. The SMILES string of the molecule is CCNC(C)(CCN1CCC(COC)CC1)C(=O)O. The predicted molar refractivity (Wildman–Crippen MR) is 75.4 cm³/mol. The second-order valence-corrected chi connectivity index (χ2v) is 5.66. The third-order valence-electron chi connectivity index (χ3n) is 4.08. The van der Waals surface area contributed by atoms with Crippen LogP contribution in [0.15, 0.2) is 0 Å². The summed E-state index contributed by atoms with van der Waals surface area (Å²) in [7, 11) is 1.75. The van der Waals surface area contributed by atoms with E-state index in [0.717, 1.165) is 39.1 Å². The van der Waals surface area contributed by atoms with E-state index >= 15 is 0 Å². The molecule has 0 spiro atoms. The maximum absolute atomic E-state index is 11.3. The normalized spacial score (nSPS) is 21.2. The second kappa shape index (κ2) is 7.82. The molecule has 0 aromatic heterocycles. The summed E-state index contributed by atoms with van der Waals surface area (Å²) in [4.78, 5) is 13.7. The lowest BCUT2D eigenvalue weighted by Crippen LogP contribution is -2.51. The van der Waals surface area contributed by atoms with Gasteiger partial charge in [-0.3, -0.25) is 4.79 Å². The molecule has 1 fully saturated rings. The maximum atomic E-state index is 11.3. The Morgan fingerprint density at radius 2 is 2.11 bits per heavy atom. The van der Waals surface area contributed by atoms with E-state index in [2.05, 4.69) is 10.2 Å². The van der Waals surface area contributed by atoms with Crippen LogP contribution in [-0.4, -0.2) is 61.4 Å². The zero-order valence-electron chi connectivity index (χ0n) is 12.4. The van der Waals surface area contributed by atoms with Crippen molar-refractivity contribution in [3.05, 3.63) is 0 Å². The van der Waals surface area contributed by atoms with E-state index in [1.165, 1.54) is 0 Å². The van der Waals surface area contributed by atoms with Gasteiger partial charge in [0.1, 0.15) is 5.54 Å². The zero-order valence-corrected chi connectivity index (χ0v) is 12.4. The molecular weight excluding hydrogens is 244 g/mol. The lowest BCUT2D eigenvalue weighted by Gasteiger charge is -2.34. The molecule has 0 amide bonds. The van der Waals surface area contributed by atoms with Crippen molar-refractivity contribution >= 4 is 5.97 Å². The van der Waals surface area contributed by atoms with Crippen molar-refractivity contribution < 1.29 is 14.6 Å². The topological polar surface area (TPSA) is 61.8 Å². The van der Waals surface area contributed by atoms with Crippen molar-refractivity contribution in [3.8, 4) is 0 Å². The third-order valence-corrected chi connectivity index (χ3v) is 4.08. The molecule has 5 heteroatoms. The highest BCUT2D eigenvalue weighted by atomic mass is 16.5. The monoisotopic (exact) mass is 272 g/mol. The molecule has 1 rings (SSSR count). The molecule has 0 aliphatic carbocycles. The van der Waals surface area contributed by atoms with E-state index in [0.29, 0.717) is 18.9 Å². The Labute approximate surface area is 116 Å². The summed E-state index contributed by atoms with van der Waals surface area (Å²) in [5, 5.41) is 12.4.